The zero-order valence-electron chi connectivity index (χ0n) is 14.7. The number of fused-ring (bicyclic) bond motifs is 1. The van der Waals surface area contributed by atoms with Gasteiger partial charge in [-0.25, -0.2) is 4.98 Å². The van der Waals surface area contributed by atoms with Crippen LogP contribution in [0.25, 0.3) is 0 Å². The van der Waals surface area contributed by atoms with Crippen molar-refractivity contribution in [3.8, 4) is 11.8 Å². The lowest BCUT2D eigenvalue weighted by molar-refractivity contribution is 0.0910. The van der Waals surface area contributed by atoms with E-state index in [1.807, 2.05) is 12.1 Å². The molecule has 3 rings (SSSR count). The lowest BCUT2D eigenvalue weighted by Crippen LogP contribution is -2.28. The van der Waals surface area contributed by atoms with Crippen LogP contribution >= 0.6 is 0 Å². The van der Waals surface area contributed by atoms with Gasteiger partial charge in [-0.1, -0.05) is 37.1 Å². The van der Waals surface area contributed by atoms with Gasteiger partial charge in [0.25, 0.3) is 0 Å². The minimum Gasteiger partial charge on any atom is -0.305 e. The minimum absolute atomic E-state index is 0. The highest BCUT2D eigenvalue weighted by atomic mass is 16.1. The third-order valence-electron chi connectivity index (χ3n) is 4.19. The summed E-state index contributed by atoms with van der Waals surface area (Å²) in [5.41, 5.74) is 3.38. The Morgan fingerprint density at radius 3 is 2.85 bits per heavy atom. The fourth-order valence-electron chi connectivity index (χ4n) is 3.00. The van der Waals surface area contributed by atoms with Crippen LogP contribution in [-0.4, -0.2) is 16.6 Å². The van der Waals surface area contributed by atoms with Gasteiger partial charge in [0, 0.05) is 24.5 Å². The number of hydrogen-bond acceptors (Lipinski definition) is 4. The lowest BCUT2D eigenvalue weighted by atomic mass is 9.75. The van der Waals surface area contributed by atoms with Crippen LogP contribution in [0.5, 0.6) is 0 Å². The molecule has 0 radical (unpaired) electrons. The quantitative estimate of drug-likeness (QED) is 0.206. The summed E-state index contributed by atoms with van der Waals surface area (Å²) in [6.07, 6.45) is 1.31. The Bertz CT molecular complexity index is 985. The molecule has 0 fully saturated rings. The Morgan fingerprint density at radius 1 is 1.27 bits per heavy atom. The number of carbonyl (C=O) groups excluding carboxylic acids is 1. The molecule has 0 atom stereocenters. The number of rotatable bonds is 1. The van der Waals surface area contributed by atoms with Gasteiger partial charge < -0.3 is 5.84 Å². The van der Waals surface area contributed by atoms with Crippen molar-refractivity contribution in [3.63, 3.8) is 0 Å². The standard InChI is InChI=1S/C20H19N5O.H2/c1-20(2)11-17-16(18(26)12-20)9-8-15(23-17)7-6-13-4-3-5-14(10-13)19(21)24-25-22;/h3-5,8-10H,11-12H2,1-2H3,(H3,21,22,24);1H. The second-order valence-electron chi connectivity index (χ2n) is 7.03. The molecule has 132 valence electrons. The first-order chi connectivity index (χ1) is 12.4. The van der Waals surface area contributed by atoms with Crippen molar-refractivity contribution in [1.82, 2.24) is 4.98 Å². The average Bonchev–Trinajstić information content (AvgIpc) is 2.59. The van der Waals surface area contributed by atoms with Gasteiger partial charge in [-0.2, -0.15) is 0 Å². The van der Waals surface area contributed by atoms with E-state index in [1.165, 1.54) is 0 Å². The van der Waals surface area contributed by atoms with E-state index >= 15 is 0 Å². The molecule has 0 spiro atoms. The molecule has 1 aliphatic rings. The maximum absolute atomic E-state index is 12.2. The van der Waals surface area contributed by atoms with Gasteiger partial charge in [-0.15, -0.1) is 5.11 Å². The molecule has 1 aliphatic carbocycles. The van der Waals surface area contributed by atoms with Crippen molar-refractivity contribution in [3.05, 3.63) is 64.5 Å². The number of nitrogens with two attached hydrogens (primary N) is 1. The molecule has 0 saturated heterocycles. The Morgan fingerprint density at radius 2 is 2.08 bits per heavy atom. The Hall–Kier alpha value is -3.33. The molecule has 6 nitrogen and oxygen atoms in total. The van der Waals surface area contributed by atoms with Gasteiger partial charge in [-0.05, 0) is 42.0 Å². The molecular weight excluding hydrogens is 326 g/mol. The summed E-state index contributed by atoms with van der Waals surface area (Å²) in [7, 11) is 0. The van der Waals surface area contributed by atoms with E-state index in [1.54, 1.807) is 24.3 Å². The van der Waals surface area contributed by atoms with E-state index in [-0.39, 0.29) is 18.5 Å². The fraction of sp³-hybridized carbons (Fsp3) is 0.250. The van der Waals surface area contributed by atoms with E-state index in [2.05, 4.69) is 41.0 Å². The molecule has 1 heterocycles. The number of benzene rings is 1. The van der Waals surface area contributed by atoms with E-state index < -0.39 is 0 Å². The summed E-state index contributed by atoms with van der Waals surface area (Å²) < 4.78 is 0. The molecule has 1 aromatic heterocycles. The monoisotopic (exact) mass is 347 g/mol. The van der Waals surface area contributed by atoms with Gasteiger partial charge in [0.2, 0.25) is 0 Å². The molecule has 0 bridgehead atoms. The zero-order chi connectivity index (χ0) is 18.7. The van der Waals surface area contributed by atoms with Crippen LogP contribution < -0.4 is 5.84 Å². The highest BCUT2D eigenvalue weighted by Crippen LogP contribution is 2.33. The Balaban J connectivity index is 0.00000261. The fourth-order valence-corrected chi connectivity index (χ4v) is 3.00. The number of pyridine rings is 1. The first-order valence-electron chi connectivity index (χ1n) is 8.23. The van der Waals surface area contributed by atoms with Gasteiger partial charge in [0.05, 0.1) is 5.69 Å². The second kappa shape index (κ2) is 6.89. The minimum atomic E-state index is -0.0740. The summed E-state index contributed by atoms with van der Waals surface area (Å²) in [5, 5.41) is 14.4. The summed E-state index contributed by atoms with van der Waals surface area (Å²) in [6, 6.07) is 10.7. The lowest BCUT2D eigenvalue weighted by Gasteiger charge is -2.29. The number of ketones is 1. The van der Waals surface area contributed by atoms with E-state index in [0.29, 0.717) is 23.2 Å². The summed E-state index contributed by atoms with van der Waals surface area (Å²) >= 11 is 0. The number of hydrogen-bond donors (Lipinski definition) is 2. The summed E-state index contributed by atoms with van der Waals surface area (Å²) in [4.78, 5) is 16.8. The molecule has 3 N–H and O–H groups in total. The molecule has 0 amide bonds. The number of amidine groups is 1. The van der Waals surface area contributed by atoms with E-state index in [9.17, 15) is 4.79 Å². The molecular formula is C20H21N5O. The van der Waals surface area contributed by atoms with Crippen molar-refractivity contribution in [1.29, 1.82) is 5.41 Å². The van der Waals surface area contributed by atoms with Crippen molar-refractivity contribution in [2.45, 2.75) is 26.7 Å². The van der Waals surface area contributed by atoms with Crippen LogP contribution in [0.1, 0.15) is 54.6 Å². The highest BCUT2D eigenvalue weighted by molar-refractivity contribution is 5.98. The normalized spacial score (nSPS) is 15.2. The van der Waals surface area contributed by atoms with Gasteiger partial charge in [-0.3, -0.25) is 10.2 Å². The first-order valence-corrected chi connectivity index (χ1v) is 8.23. The maximum atomic E-state index is 12.2. The highest BCUT2D eigenvalue weighted by Gasteiger charge is 2.31. The molecule has 6 heteroatoms. The SMILES string of the molecule is CC1(C)CC(=O)c2ccc(C#Cc3cccc(C(=N)N=NN)c3)nc2C1.[HH]. The molecule has 0 saturated carbocycles. The van der Waals surface area contributed by atoms with Gasteiger partial charge in [0.15, 0.2) is 11.6 Å². The van der Waals surface area contributed by atoms with E-state index in [4.69, 9.17) is 11.3 Å². The Kier molecular flexibility index (Phi) is 4.63. The molecule has 0 unspecified atom stereocenters. The maximum Gasteiger partial charge on any atom is 0.176 e. The van der Waals surface area contributed by atoms with Crippen molar-refractivity contribution in [2.24, 2.45) is 21.6 Å². The summed E-state index contributed by atoms with van der Waals surface area (Å²) in [5.74, 6) is 11.2. The van der Waals surface area contributed by atoms with Crippen LogP contribution in [0.3, 0.4) is 0 Å². The third-order valence-corrected chi connectivity index (χ3v) is 4.19. The topological polar surface area (TPSA) is 105 Å². The predicted molar refractivity (Wildman–Crippen MR) is 101 cm³/mol. The second-order valence-corrected chi connectivity index (χ2v) is 7.03. The first kappa shape index (κ1) is 17.5. The number of carbonyl (C=O) groups is 1. The largest absolute Gasteiger partial charge is 0.305 e. The van der Waals surface area contributed by atoms with Crippen LogP contribution in [0, 0.1) is 22.7 Å². The van der Waals surface area contributed by atoms with Crippen LogP contribution in [0.15, 0.2) is 46.7 Å². The van der Waals surface area contributed by atoms with Crippen LogP contribution in [0.2, 0.25) is 0 Å². The summed E-state index contributed by atoms with van der Waals surface area (Å²) in [6.45, 7) is 4.15. The number of aromatic nitrogens is 1. The average molecular weight is 347 g/mol. The van der Waals surface area contributed by atoms with Crippen molar-refractivity contribution < 1.29 is 6.22 Å². The third kappa shape index (κ3) is 3.83. The van der Waals surface area contributed by atoms with E-state index in [0.717, 1.165) is 17.7 Å². The van der Waals surface area contributed by atoms with Crippen LogP contribution in [-0.2, 0) is 6.42 Å². The van der Waals surface area contributed by atoms with Crippen molar-refractivity contribution >= 4 is 11.6 Å². The smallest absolute Gasteiger partial charge is 0.176 e. The molecule has 2 aromatic rings. The Labute approximate surface area is 153 Å². The van der Waals surface area contributed by atoms with Gasteiger partial charge >= 0.3 is 0 Å². The zero-order valence-corrected chi connectivity index (χ0v) is 14.7. The van der Waals surface area contributed by atoms with Gasteiger partial charge in [0.1, 0.15) is 5.69 Å². The predicted octanol–water partition coefficient (Wildman–Crippen LogP) is 3.53. The van der Waals surface area contributed by atoms with Crippen molar-refractivity contribution in [2.75, 3.05) is 0 Å². The number of Topliss-reactive ketones (excluding diaryl/α,β-unsaturated/α-hetero) is 1. The number of nitrogens with zero attached hydrogens (tertiary/aromatic N) is 3. The molecule has 26 heavy (non-hydrogen) atoms. The van der Waals surface area contributed by atoms with Crippen LogP contribution in [0.4, 0.5) is 0 Å². The number of nitrogens with one attached hydrogen (secondary N) is 1. The molecule has 1 aromatic carbocycles. The molecule has 0 aliphatic heterocycles.